The number of hydrogen-bond acceptors (Lipinski definition) is 6. The van der Waals surface area contributed by atoms with Crippen molar-refractivity contribution in [1.82, 2.24) is 30.4 Å². The first kappa shape index (κ1) is 19.6. The third-order valence-electron chi connectivity index (χ3n) is 5.10. The van der Waals surface area contributed by atoms with Gasteiger partial charge in [0.2, 0.25) is 5.88 Å². The van der Waals surface area contributed by atoms with E-state index in [2.05, 4.69) is 25.5 Å². The Labute approximate surface area is 173 Å². The molecule has 3 heterocycles. The summed E-state index contributed by atoms with van der Waals surface area (Å²) < 4.78 is 5.05. The van der Waals surface area contributed by atoms with Gasteiger partial charge in [0.15, 0.2) is 5.82 Å². The van der Waals surface area contributed by atoms with E-state index in [0.717, 1.165) is 0 Å². The summed E-state index contributed by atoms with van der Waals surface area (Å²) in [6, 6.07) is 12.0. The highest BCUT2D eigenvalue weighted by Gasteiger charge is 2.39. The van der Waals surface area contributed by atoms with Gasteiger partial charge in [0.05, 0.1) is 24.6 Å². The van der Waals surface area contributed by atoms with Gasteiger partial charge in [0, 0.05) is 30.9 Å². The monoisotopic (exact) mass is 406 g/mol. The van der Waals surface area contributed by atoms with Crippen LogP contribution in [0.5, 0.6) is 5.88 Å². The van der Waals surface area contributed by atoms with Crippen molar-refractivity contribution >= 4 is 11.8 Å². The largest absolute Gasteiger partial charge is 0.481 e. The minimum absolute atomic E-state index is 0.168. The highest BCUT2D eigenvalue weighted by Crippen LogP contribution is 2.27. The van der Waals surface area contributed by atoms with Crippen LogP contribution >= 0.6 is 0 Å². The van der Waals surface area contributed by atoms with Crippen molar-refractivity contribution in [3.63, 3.8) is 0 Å². The number of methoxy groups -OCH3 is 1. The lowest BCUT2D eigenvalue weighted by molar-refractivity contribution is 0.0781. The molecule has 4 rings (SSSR count). The number of likely N-dealkylation sites (tertiary alicyclic amines) is 1. The molecule has 2 atom stereocenters. The molecule has 0 bridgehead atoms. The van der Waals surface area contributed by atoms with Gasteiger partial charge in [-0.15, -0.1) is 0 Å². The first-order valence-electron chi connectivity index (χ1n) is 9.59. The molecule has 1 aliphatic rings. The molecule has 0 aliphatic carbocycles. The fourth-order valence-corrected chi connectivity index (χ4v) is 3.55. The van der Waals surface area contributed by atoms with Gasteiger partial charge in [-0.3, -0.25) is 14.7 Å². The van der Waals surface area contributed by atoms with Crippen LogP contribution in [0.25, 0.3) is 0 Å². The van der Waals surface area contributed by atoms with Gasteiger partial charge in [-0.05, 0) is 25.1 Å². The quantitative estimate of drug-likeness (QED) is 0.665. The van der Waals surface area contributed by atoms with Crippen molar-refractivity contribution in [3.05, 3.63) is 71.4 Å². The number of amides is 2. The molecule has 1 aromatic carbocycles. The second-order valence-corrected chi connectivity index (χ2v) is 7.13. The van der Waals surface area contributed by atoms with Crippen LogP contribution in [0, 0.1) is 6.92 Å². The van der Waals surface area contributed by atoms with Gasteiger partial charge in [-0.25, -0.2) is 9.97 Å². The van der Waals surface area contributed by atoms with E-state index < -0.39 is 0 Å². The van der Waals surface area contributed by atoms with Crippen molar-refractivity contribution in [2.45, 2.75) is 18.9 Å². The number of carbonyl (C=O) groups is 2. The second kappa shape index (κ2) is 8.32. The van der Waals surface area contributed by atoms with E-state index in [0.29, 0.717) is 41.7 Å². The maximum atomic E-state index is 13.0. The van der Waals surface area contributed by atoms with Crippen molar-refractivity contribution in [1.29, 1.82) is 0 Å². The zero-order chi connectivity index (χ0) is 21.1. The fourth-order valence-electron chi connectivity index (χ4n) is 3.55. The zero-order valence-electron chi connectivity index (χ0n) is 16.7. The predicted octanol–water partition coefficient (Wildman–Crippen LogP) is 1.55. The Balaban J connectivity index is 1.55. The number of ether oxygens (including phenoxy) is 1. The van der Waals surface area contributed by atoms with Crippen LogP contribution in [0.2, 0.25) is 0 Å². The zero-order valence-corrected chi connectivity index (χ0v) is 16.7. The first-order valence-corrected chi connectivity index (χ1v) is 9.59. The summed E-state index contributed by atoms with van der Waals surface area (Å²) >= 11 is 0. The highest BCUT2D eigenvalue weighted by atomic mass is 16.5. The van der Waals surface area contributed by atoms with Gasteiger partial charge in [0.25, 0.3) is 11.8 Å². The molecule has 9 nitrogen and oxygen atoms in total. The normalized spacial score (nSPS) is 18.3. The Hall–Kier alpha value is -3.75. The molecule has 0 spiro atoms. The van der Waals surface area contributed by atoms with Crippen LogP contribution in [0.3, 0.4) is 0 Å². The molecule has 2 N–H and O–H groups in total. The summed E-state index contributed by atoms with van der Waals surface area (Å²) in [7, 11) is 1.52. The number of benzene rings is 1. The van der Waals surface area contributed by atoms with Gasteiger partial charge in [0.1, 0.15) is 5.82 Å². The standard InChI is InChI=1S/C21H22N6O3/c1-13-23-19(26-25-13)16-11-27(21(29)15-8-9-18(30-2)22-10-15)12-17(16)24-20(28)14-6-4-3-5-7-14/h3-10,16-17H,11-12H2,1-2H3,(H,24,28)(H,23,25,26)/t16-,17-/m1/s1. The number of carbonyl (C=O) groups excluding carboxylic acids is 2. The van der Waals surface area contributed by atoms with Crippen LogP contribution in [0.4, 0.5) is 0 Å². The first-order chi connectivity index (χ1) is 14.5. The number of nitrogens with zero attached hydrogens (tertiary/aromatic N) is 4. The third-order valence-corrected chi connectivity index (χ3v) is 5.10. The van der Waals surface area contributed by atoms with Gasteiger partial charge in [-0.1, -0.05) is 18.2 Å². The van der Waals surface area contributed by atoms with Crippen LogP contribution in [-0.4, -0.2) is 63.1 Å². The lowest BCUT2D eigenvalue weighted by atomic mass is 10.0. The third kappa shape index (κ3) is 4.00. The number of aromatic amines is 1. The molecule has 154 valence electrons. The highest BCUT2D eigenvalue weighted by molar-refractivity contribution is 5.95. The molecule has 3 aromatic rings. The van der Waals surface area contributed by atoms with E-state index in [4.69, 9.17) is 4.74 Å². The predicted molar refractivity (Wildman–Crippen MR) is 108 cm³/mol. The Kier molecular flexibility index (Phi) is 5.42. The molecule has 1 fully saturated rings. The fraction of sp³-hybridized carbons (Fsp3) is 0.286. The Morgan fingerprint density at radius 2 is 1.93 bits per heavy atom. The van der Waals surface area contributed by atoms with Crippen molar-refractivity contribution in [2.75, 3.05) is 20.2 Å². The number of pyridine rings is 1. The van der Waals surface area contributed by atoms with E-state index in [1.54, 1.807) is 29.2 Å². The second-order valence-electron chi connectivity index (χ2n) is 7.13. The molecular weight excluding hydrogens is 384 g/mol. The minimum Gasteiger partial charge on any atom is -0.481 e. The van der Waals surface area contributed by atoms with E-state index in [1.807, 2.05) is 25.1 Å². The average Bonchev–Trinajstić information content (AvgIpc) is 3.40. The molecule has 30 heavy (non-hydrogen) atoms. The number of nitrogens with one attached hydrogen (secondary N) is 2. The number of aromatic nitrogens is 4. The van der Waals surface area contributed by atoms with Crippen LogP contribution in [0.1, 0.15) is 38.3 Å². The molecule has 2 aromatic heterocycles. The molecule has 2 amide bonds. The Bertz CT molecular complexity index is 1030. The average molecular weight is 406 g/mol. The van der Waals surface area contributed by atoms with Crippen LogP contribution in [-0.2, 0) is 0 Å². The molecule has 1 saturated heterocycles. The molecule has 1 aliphatic heterocycles. The summed E-state index contributed by atoms with van der Waals surface area (Å²) in [6.07, 6.45) is 1.49. The molecule has 0 unspecified atom stereocenters. The van der Waals surface area contributed by atoms with Crippen molar-refractivity contribution in [2.24, 2.45) is 0 Å². The topological polar surface area (TPSA) is 113 Å². The maximum Gasteiger partial charge on any atom is 0.255 e. The van der Waals surface area contributed by atoms with Crippen LogP contribution < -0.4 is 10.1 Å². The lowest BCUT2D eigenvalue weighted by Gasteiger charge is -2.18. The van der Waals surface area contributed by atoms with Gasteiger partial charge < -0.3 is 15.0 Å². The maximum absolute atomic E-state index is 13.0. The Morgan fingerprint density at radius 1 is 1.13 bits per heavy atom. The van der Waals surface area contributed by atoms with E-state index in [1.165, 1.54) is 13.3 Å². The summed E-state index contributed by atoms with van der Waals surface area (Å²) in [5.74, 6) is 1.11. The van der Waals surface area contributed by atoms with Gasteiger partial charge in [-0.2, -0.15) is 5.10 Å². The molecule has 9 heteroatoms. The van der Waals surface area contributed by atoms with Crippen molar-refractivity contribution < 1.29 is 14.3 Å². The molecular formula is C21H22N6O3. The van der Waals surface area contributed by atoms with E-state index in [9.17, 15) is 9.59 Å². The lowest BCUT2D eigenvalue weighted by Crippen LogP contribution is -2.40. The summed E-state index contributed by atoms with van der Waals surface area (Å²) in [5.41, 5.74) is 1.02. The number of aryl methyl sites for hydroxylation is 1. The summed E-state index contributed by atoms with van der Waals surface area (Å²) in [6.45, 7) is 2.55. The van der Waals surface area contributed by atoms with Gasteiger partial charge >= 0.3 is 0 Å². The smallest absolute Gasteiger partial charge is 0.255 e. The molecule has 0 radical (unpaired) electrons. The van der Waals surface area contributed by atoms with E-state index in [-0.39, 0.29) is 23.8 Å². The minimum atomic E-state index is -0.317. The number of rotatable bonds is 5. The SMILES string of the molecule is COc1ccc(C(=O)N2C[C@@H](NC(=O)c3ccccc3)[C@H](c3n[nH]c(C)n3)C2)cn1. The number of hydrogen-bond donors (Lipinski definition) is 2. The number of H-pyrrole nitrogens is 1. The van der Waals surface area contributed by atoms with Crippen LogP contribution in [0.15, 0.2) is 48.7 Å². The summed E-state index contributed by atoms with van der Waals surface area (Å²) in [5, 5.41) is 10.1. The Morgan fingerprint density at radius 3 is 2.57 bits per heavy atom. The summed E-state index contributed by atoms with van der Waals surface area (Å²) in [4.78, 5) is 36.0. The van der Waals surface area contributed by atoms with Crippen molar-refractivity contribution in [3.8, 4) is 5.88 Å². The van der Waals surface area contributed by atoms with E-state index >= 15 is 0 Å². The molecule has 0 saturated carbocycles.